The van der Waals surface area contributed by atoms with Crippen molar-refractivity contribution in [3.05, 3.63) is 0 Å². The molecule has 2 rings (SSSR count). The molecule has 3 unspecified atom stereocenters. The van der Waals surface area contributed by atoms with Crippen LogP contribution in [-0.2, 0) is 4.84 Å². The molecule has 2 fully saturated rings. The molecule has 2 saturated heterocycles. The van der Waals surface area contributed by atoms with Crippen molar-refractivity contribution in [2.75, 3.05) is 6.54 Å². The van der Waals surface area contributed by atoms with Gasteiger partial charge in [-0.15, -0.1) is 0 Å². The molecule has 0 spiro atoms. The molecule has 2 aliphatic rings. The predicted molar refractivity (Wildman–Crippen MR) is 30.0 cm³/mol. The molecule has 2 aliphatic heterocycles. The molecule has 0 saturated carbocycles. The maximum absolute atomic E-state index is 5.18. The highest BCUT2D eigenvalue weighted by Crippen LogP contribution is 2.33. The van der Waals surface area contributed by atoms with Crippen LogP contribution in [0.2, 0.25) is 0 Å². The van der Waals surface area contributed by atoms with Gasteiger partial charge in [0.1, 0.15) is 0 Å². The first kappa shape index (κ1) is 4.77. The van der Waals surface area contributed by atoms with Gasteiger partial charge in [0.2, 0.25) is 0 Å². The molecule has 0 aromatic heterocycles. The fourth-order valence-electron chi connectivity index (χ4n) is 1.30. The summed E-state index contributed by atoms with van der Waals surface area (Å²) in [6.45, 7) is 3.45. The fraction of sp³-hybridized carbons (Fsp3) is 1.00. The first-order valence-electron chi connectivity index (χ1n) is 3.29. The highest BCUT2D eigenvalue weighted by molar-refractivity contribution is 4.75. The van der Waals surface area contributed by atoms with Crippen molar-refractivity contribution in [1.82, 2.24) is 5.06 Å². The van der Waals surface area contributed by atoms with Gasteiger partial charge in [-0.1, -0.05) is 6.92 Å². The number of hydrogen-bond acceptors (Lipinski definition) is 2. The zero-order valence-electron chi connectivity index (χ0n) is 5.13. The van der Waals surface area contributed by atoms with E-state index in [1.165, 1.54) is 12.8 Å². The Morgan fingerprint density at radius 3 is 3.12 bits per heavy atom. The van der Waals surface area contributed by atoms with Crippen LogP contribution in [0, 0.1) is 5.92 Å². The third-order valence-electron chi connectivity index (χ3n) is 1.98. The quantitative estimate of drug-likeness (QED) is 0.435. The topological polar surface area (TPSA) is 15.5 Å². The second-order valence-corrected chi connectivity index (χ2v) is 2.83. The van der Waals surface area contributed by atoms with Crippen molar-refractivity contribution < 1.29 is 4.84 Å². The maximum Gasteiger partial charge on any atom is 0.154 e. The number of nitrogens with zero attached hydrogens (tertiary/aromatic N) is 1. The summed E-state index contributed by atoms with van der Waals surface area (Å²) in [6.07, 6.45) is 3.08. The smallest absolute Gasteiger partial charge is 0.154 e. The minimum absolute atomic E-state index is 0.513. The lowest BCUT2D eigenvalue weighted by Crippen LogP contribution is -2.16. The minimum atomic E-state index is 0.513. The van der Waals surface area contributed by atoms with Crippen LogP contribution in [0.3, 0.4) is 0 Å². The van der Waals surface area contributed by atoms with E-state index < -0.39 is 0 Å². The average Bonchev–Trinajstić information content (AvgIpc) is 2.43. The van der Waals surface area contributed by atoms with E-state index in [0.29, 0.717) is 6.23 Å². The monoisotopic (exact) mass is 113 g/mol. The van der Waals surface area contributed by atoms with E-state index in [1.807, 2.05) is 0 Å². The van der Waals surface area contributed by atoms with Gasteiger partial charge in [-0.25, -0.2) is 0 Å². The van der Waals surface area contributed by atoms with E-state index in [9.17, 15) is 0 Å². The Balaban J connectivity index is 1.93. The molecule has 8 heavy (non-hydrogen) atoms. The van der Waals surface area contributed by atoms with Crippen LogP contribution < -0.4 is 0 Å². The van der Waals surface area contributed by atoms with Crippen molar-refractivity contribution in [1.29, 1.82) is 0 Å². The largest absolute Gasteiger partial charge is 0.275 e. The summed E-state index contributed by atoms with van der Waals surface area (Å²) >= 11 is 0. The molecular formula is C6H11NO. The summed E-state index contributed by atoms with van der Waals surface area (Å²) < 4.78 is 0. The molecule has 0 N–H and O–H groups in total. The first-order chi connectivity index (χ1) is 3.86. The molecule has 3 atom stereocenters. The molecule has 46 valence electrons. The van der Waals surface area contributed by atoms with Crippen LogP contribution >= 0.6 is 0 Å². The van der Waals surface area contributed by atoms with Gasteiger partial charge >= 0.3 is 0 Å². The molecule has 2 heteroatoms. The van der Waals surface area contributed by atoms with Gasteiger partial charge in [-0.3, -0.25) is 4.84 Å². The van der Waals surface area contributed by atoms with Gasteiger partial charge in [0.15, 0.2) is 6.23 Å². The van der Waals surface area contributed by atoms with Gasteiger partial charge in [0, 0.05) is 6.54 Å². The van der Waals surface area contributed by atoms with Gasteiger partial charge in [0.25, 0.3) is 0 Å². The van der Waals surface area contributed by atoms with Crippen LogP contribution in [0.4, 0.5) is 0 Å². The lowest BCUT2D eigenvalue weighted by Gasteiger charge is -2.12. The van der Waals surface area contributed by atoms with Crippen molar-refractivity contribution in [3.63, 3.8) is 0 Å². The Morgan fingerprint density at radius 1 is 1.62 bits per heavy atom. The summed E-state index contributed by atoms with van der Waals surface area (Å²) in [4.78, 5) is 5.18. The Labute approximate surface area is 49.4 Å². The Hall–Kier alpha value is -0.0800. The van der Waals surface area contributed by atoms with E-state index in [2.05, 4.69) is 12.0 Å². The number of piperidine rings is 1. The van der Waals surface area contributed by atoms with Crippen LogP contribution in [0.5, 0.6) is 0 Å². The number of fused-ring (bicyclic) bond motifs is 1. The van der Waals surface area contributed by atoms with Gasteiger partial charge in [-0.05, 0) is 18.8 Å². The molecule has 2 heterocycles. The van der Waals surface area contributed by atoms with Crippen LogP contribution in [0.15, 0.2) is 0 Å². The molecule has 0 radical (unpaired) electrons. The highest BCUT2D eigenvalue weighted by Gasteiger charge is 2.40. The molecular weight excluding hydrogens is 102 g/mol. The number of hydrogen-bond donors (Lipinski definition) is 0. The van der Waals surface area contributed by atoms with E-state index >= 15 is 0 Å². The Kier molecular flexibility index (Phi) is 0.866. The lowest BCUT2D eigenvalue weighted by molar-refractivity contribution is 0.196. The molecule has 0 aromatic rings. The van der Waals surface area contributed by atoms with E-state index in [1.54, 1.807) is 0 Å². The normalized spacial score (nSPS) is 52.9. The summed E-state index contributed by atoms with van der Waals surface area (Å²) in [5.74, 6) is 0.888. The Bertz CT molecular complexity index is 105. The molecule has 0 bridgehead atoms. The van der Waals surface area contributed by atoms with Crippen molar-refractivity contribution in [3.8, 4) is 0 Å². The van der Waals surface area contributed by atoms with Gasteiger partial charge in [0.05, 0.1) is 0 Å². The second-order valence-electron chi connectivity index (χ2n) is 2.83. The minimum Gasteiger partial charge on any atom is -0.275 e. The van der Waals surface area contributed by atoms with Crippen molar-refractivity contribution in [2.45, 2.75) is 26.0 Å². The second kappa shape index (κ2) is 1.45. The van der Waals surface area contributed by atoms with Gasteiger partial charge < -0.3 is 0 Å². The summed E-state index contributed by atoms with van der Waals surface area (Å²) in [7, 11) is 0. The standard InChI is InChI=1S/C6H11NO/c1-5-2-3-7-6(4-5)8-7/h5-6H,2-4H2,1H3. The summed E-state index contributed by atoms with van der Waals surface area (Å²) in [5, 5.41) is 2.07. The van der Waals surface area contributed by atoms with E-state index in [0.717, 1.165) is 12.5 Å². The zero-order valence-corrected chi connectivity index (χ0v) is 5.13. The van der Waals surface area contributed by atoms with Crippen LogP contribution in [-0.4, -0.2) is 17.8 Å². The maximum atomic E-state index is 5.18. The fourth-order valence-corrected chi connectivity index (χ4v) is 1.30. The van der Waals surface area contributed by atoms with E-state index in [4.69, 9.17) is 4.84 Å². The third kappa shape index (κ3) is 0.644. The number of rotatable bonds is 0. The van der Waals surface area contributed by atoms with Crippen molar-refractivity contribution in [2.24, 2.45) is 5.92 Å². The summed E-state index contributed by atoms with van der Waals surface area (Å²) in [5.41, 5.74) is 0. The Morgan fingerprint density at radius 2 is 2.50 bits per heavy atom. The van der Waals surface area contributed by atoms with Crippen LogP contribution in [0.25, 0.3) is 0 Å². The molecule has 0 aliphatic carbocycles. The zero-order chi connectivity index (χ0) is 5.56. The molecule has 2 nitrogen and oxygen atoms in total. The van der Waals surface area contributed by atoms with Crippen LogP contribution in [0.1, 0.15) is 19.8 Å². The number of hydroxylamine groups is 2. The lowest BCUT2D eigenvalue weighted by atomic mass is 10.0. The predicted octanol–water partition coefficient (Wildman–Crippen LogP) is 0.990. The first-order valence-corrected chi connectivity index (χ1v) is 3.29. The molecule has 0 aromatic carbocycles. The highest BCUT2D eigenvalue weighted by atomic mass is 16.8. The summed E-state index contributed by atoms with van der Waals surface area (Å²) in [6, 6.07) is 0. The average molecular weight is 113 g/mol. The SMILES string of the molecule is CC1CCN2OC2C1. The van der Waals surface area contributed by atoms with Crippen molar-refractivity contribution >= 4 is 0 Å². The third-order valence-corrected chi connectivity index (χ3v) is 1.98. The molecule has 0 amide bonds. The van der Waals surface area contributed by atoms with E-state index in [-0.39, 0.29) is 0 Å². The van der Waals surface area contributed by atoms with Gasteiger partial charge in [-0.2, -0.15) is 5.06 Å².